The highest BCUT2D eigenvalue weighted by molar-refractivity contribution is 5.63. The Morgan fingerprint density at radius 1 is 1.00 bits per heavy atom. The number of aromatic nitrogens is 2. The maximum Gasteiger partial charge on any atom is 0.283 e. The van der Waals surface area contributed by atoms with Crippen LogP contribution < -0.4 is 4.74 Å². The molecule has 0 unspecified atom stereocenters. The minimum Gasteiger partial charge on any atom is -0.496 e. The summed E-state index contributed by atoms with van der Waals surface area (Å²) in [5.74, 6) is 1.98. The minimum absolute atomic E-state index is 0.348. The van der Waals surface area contributed by atoms with Gasteiger partial charge in [-0.2, -0.15) is 0 Å². The molecule has 0 atom stereocenters. The molecule has 0 radical (unpaired) electrons. The summed E-state index contributed by atoms with van der Waals surface area (Å²) in [6, 6.07) is 11.0. The van der Waals surface area contributed by atoms with Gasteiger partial charge in [0.2, 0.25) is 0 Å². The van der Waals surface area contributed by atoms with E-state index in [-0.39, 0.29) is 0 Å². The zero-order valence-corrected chi connectivity index (χ0v) is 9.66. The van der Waals surface area contributed by atoms with Crippen LogP contribution in [0.25, 0.3) is 23.1 Å². The summed E-state index contributed by atoms with van der Waals surface area (Å²) >= 11 is 0. The van der Waals surface area contributed by atoms with Gasteiger partial charge in [-0.1, -0.05) is 12.1 Å². The number of para-hydroxylation sites is 1. The molecule has 0 amide bonds. The second kappa shape index (κ2) is 4.37. The van der Waals surface area contributed by atoms with E-state index in [9.17, 15) is 0 Å². The normalized spacial score (nSPS) is 10.5. The molecule has 0 N–H and O–H groups in total. The third kappa shape index (κ3) is 1.75. The number of hydrogen-bond donors (Lipinski definition) is 0. The fourth-order valence-electron chi connectivity index (χ4n) is 1.65. The van der Waals surface area contributed by atoms with Crippen molar-refractivity contribution in [2.45, 2.75) is 0 Å². The number of furan rings is 1. The average Bonchev–Trinajstić information content (AvgIpc) is 3.09. The zero-order valence-electron chi connectivity index (χ0n) is 9.66. The van der Waals surface area contributed by atoms with Gasteiger partial charge in [0, 0.05) is 0 Å². The van der Waals surface area contributed by atoms with Crippen LogP contribution in [0.3, 0.4) is 0 Å². The summed E-state index contributed by atoms with van der Waals surface area (Å²) in [6.07, 6.45) is 1.56. The zero-order chi connectivity index (χ0) is 12.4. The van der Waals surface area contributed by atoms with Crippen molar-refractivity contribution in [3.8, 4) is 28.9 Å². The molecule has 2 heterocycles. The molecule has 0 aliphatic carbocycles. The lowest BCUT2D eigenvalue weighted by atomic mass is 10.2. The molecule has 0 fully saturated rings. The van der Waals surface area contributed by atoms with Gasteiger partial charge in [-0.15, -0.1) is 10.2 Å². The molecule has 0 spiro atoms. The van der Waals surface area contributed by atoms with Gasteiger partial charge in [-0.25, -0.2) is 0 Å². The molecule has 0 saturated heterocycles. The van der Waals surface area contributed by atoms with Crippen LogP contribution in [0.1, 0.15) is 0 Å². The van der Waals surface area contributed by atoms with E-state index < -0.39 is 0 Å². The molecular weight excluding hydrogens is 232 g/mol. The lowest BCUT2D eigenvalue weighted by Gasteiger charge is -2.02. The van der Waals surface area contributed by atoms with Gasteiger partial charge < -0.3 is 13.6 Å². The van der Waals surface area contributed by atoms with Crippen LogP contribution in [0.5, 0.6) is 5.75 Å². The molecule has 0 aliphatic rings. The number of ether oxygens (including phenoxy) is 1. The molecule has 3 aromatic rings. The monoisotopic (exact) mass is 242 g/mol. The molecule has 2 aromatic heterocycles. The van der Waals surface area contributed by atoms with Gasteiger partial charge in [0.15, 0.2) is 5.76 Å². The molecule has 18 heavy (non-hydrogen) atoms. The number of hydrogen-bond acceptors (Lipinski definition) is 5. The molecule has 3 rings (SSSR count). The van der Waals surface area contributed by atoms with E-state index in [0.29, 0.717) is 23.3 Å². The predicted molar refractivity (Wildman–Crippen MR) is 64.0 cm³/mol. The van der Waals surface area contributed by atoms with Crippen molar-refractivity contribution in [2.24, 2.45) is 0 Å². The first-order chi connectivity index (χ1) is 8.88. The Hall–Kier alpha value is -2.56. The van der Waals surface area contributed by atoms with Gasteiger partial charge in [0.1, 0.15) is 5.75 Å². The van der Waals surface area contributed by atoms with E-state index in [1.807, 2.05) is 24.3 Å². The highest BCUT2D eigenvalue weighted by Gasteiger charge is 2.15. The predicted octanol–water partition coefficient (Wildman–Crippen LogP) is 3.01. The average molecular weight is 242 g/mol. The Morgan fingerprint density at radius 2 is 1.83 bits per heavy atom. The van der Waals surface area contributed by atoms with Crippen molar-refractivity contribution in [3.05, 3.63) is 42.7 Å². The minimum atomic E-state index is 0.348. The smallest absolute Gasteiger partial charge is 0.283 e. The SMILES string of the molecule is COc1ccccc1-c1nnc(-c2ccco2)o1. The molecular formula is C13H10N2O3. The Labute approximate surface area is 103 Å². The lowest BCUT2D eigenvalue weighted by molar-refractivity contribution is 0.414. The van der Waals surface area contributed by atoms with Crippen LogP contribution in [0.15, 0.2) is 51.5 Å². The van der Waals surface area contributed by atoms with Crippen molar-refractivity contribution in [3.63, 3.8) is 0 Å². The van der Waals surface area contributed by atoms with Gasteiger partial charge >= 0.3 is 0 Å². The van der Waals surface area contributed by atoms with Gasteiger partial charge in [-0.3, -0.25) is 0 Å². The summed E-state index contributed by atoms with van der Waals surface area (Å²) in [5.41, 5.74) is 0.755. The van der Waals surface area contributed by atoms with Crippen LogP contribution in [-0.4, -0.2) is 17.3 Å². The van der Waals surface area contributed by atoms with Crippen LogP contribution in [0.4, 0.5) is 0 Å². The van der Waals surface area contributed by atoms with Crippen molar-refractivity contribution in [1.82, 2.24) is 10.2 Å². The maximum atomic E-state index is 5.56. The fraction of sp³-hybridized carbons (Fsp3) is 0.0769. The van der Waals surface area contributed by atoms with Crippen LogP contribution in [0, 0.1) is 0 Å². The summed E-state index contributed by atoms with van der Waals surface area (Å²) < 4.78 is 16.0. The first-order valence-electron chi connectivity index (χ1n) is 5.39. The Bertz CT molecular complexity index is 644. The summed E-state index contributed by atoms with van der Waals surface area (Å²) in [6.45, 7) is 0. The summed E-state index contributed by atoms with van der Waals surface area (Å²) in [5, 5.41) is 7.94. The van der Waals surface area contributed by atoms with Crippen LogP contribution >= 0.6 is 0 Å². The molecule has 0 aliphatic heterocycles. The third-order valence-corrected chi connectivity index (χ3v) is 2.49. The van der Waals surface area contributed by atoms with Gasteiger partial charge in [-0.05, 0) is 24.3 Å². The number of benzene rings is 1. The Balaban J connectivity index is 2.03. The van der Waals surface area contributed by atoms with E-state index >= 15 is 0 Å². The fourth-order valence-corrected chi connectivity index (χ4v) is 1.65. The number of nitrogens with zero attached hydrogens (tertiary/aromatic N) is 2. The second-order valence-corrected chi connectivity index (χ2v) is 3.59. The molecule has 1 aromatic carbocycles. The van der Waals surface area contributed by atoms with Crippen molar-refractivity contribution in [2.75, 3.05) is 7.11 Å². The van der Waals surface area contributed by atoms with E-state index in [4.69, 9.17) is 13.6 Å². The summed E-state index contributed by atoms with van der Waals surface area (Å²) in [4.78, 5) is 0. The van der Waals surface area contributed by atoms with Crippen LogP contribution in [0.2, 0.25) is 0 Å². The summed E-state index contributed by atoms with van der Waals surface area (Å²) in [7, 11) is 1.60. The number of methoxy groups -OCH3 is 1. The van der Waals surface area contributed by atoms with Crippen molar-refractivity contribution in [1.29, 1.82) is 0 Å². The Morgan fingerprint density at radius 3 is 2.61 bits per heavy atom. The lowest BCUT2D eigenvalue weighted by Crippen LogP contribution is -1.87. The first kappa shape index (κ1) is 10.6. The number of rotatable bonds is 3. The largest absolute Gasteiger partial charge is 0.496 e. The van der Waals surface area contributed by atoms with E-state index in [1.165, 1.54) is 0 Å². The van der Waals surface area contributed by atoms with E-state index in [0.717, 1.165) is 5.56 Å². The first-order valence-corrected chi connectivity index (χ1v) is 5.39. The van der Waals surface area contributed by atoms with Gasteiger partial charge in [0.25, 0.3) is 11.8 Å². The molecule has 0 bridgehead atoms. The van der Waals surface area contributed by atoms with Crippen LogP contribution in [-0.2, 0) is 0 Å². The van der Waals surface area contributed by atoms with Crippen molar-refractivity contribution < 1.29 is 13.6 Å². The molecule has 0 saturated carbocycles. The molecule has 5 nitrogen and oxygen atoms in total. The highest BCUT2D eigenvalue weighted by Crippen LogP contribution is 2.30. The second-order valence-electron chi connectivity index (χ2n) is 3.59. The van der Waals surface area contributed by atoms with Crippen molar-refractivity contribution >= 4 is 0 Å². The topological polar surface area (TPSA) is 61.3 Å². The van der Waals surface area contributed by atoms with E-state index in [1.54, 1.807) is 25.5 Å². The molecule has 90 valence electrons. The standard InChI is InChI=1S/C13H10N2O3/c1-16-10-6-3-2-5-9(10)12-14-15-13(18-12)11-7-4-8-17-11/h2-8H,1H3. The maximum absolute atomic E-state index is 5.56. The molecule has 5 heteroatoms. The third-order valence-electron chi connectivity index (χ3n) is 2.49. The Kier molecular flexibility index (Phi) is 2.57. The quantitative estimate of drug-likeness (QED) is 0.706. The van der Waals surface area contributed by atoms with Gasteiger partial charge in [0.05, 0.1) is 18.9 Å². The highest BCUT2D eigenvalue weighted by atomic mass is 16.5. The van der Waals surface area contributed by atoms with E-state index in [2.05, 4.69) is 10.2 Å².